The Balaban J connectivity index is 1.42. The molecule has 2 aliphatic heterocycles. The Bertz CT molecular complexity index is 2110. The van der Waals surface area contributed by atoms with Crippen LogP contribution in [0.1, 0.15) is 44.2 Å². The average Bonchev–Trinajstić information content (AvgIpc) is 3.03. The molecule has 2 aliphatic rings. The number of aryl methyl sites for hydroxylation is 1. The van der Waals surface area contributed by atoms with E-state index in [1.807, 2.05) is 6.08 Å². The number of aliphatic imine (C=N–C) groups is 1. The highest BCUT2D eigenvalue weighted by atomic mass is 19.1. The highest BCUT2D eigenvalue weighted by Crippen LogP contribution is 2.30. The van der Waals surface area contributed by atoms with E-state index in [4.69, 9.17) is 4.99 Å². The summed E-state index contributed by atoms with van der Waals surface area (Å²) in [6, 6.07) is 9.83. The van der Waals surface area contributed by atoms with Gasteiger partial charge in [-0.15, -0.1) is 0 Å². The molecular formula is C35H37FN8O3. The number of aliphatic hydroxyl groups is 1. The molecule has 0 spiro atoms. The number of hydrogen-bond acceptors (Lipinski definition) is 9. The smallest absolute Gasteiger partial charge is 0.290 e. The van der Waals surface area contributed by atoms with E-state index in [-0.39, 0.29) is 28.0 Å². The lowest BCUT2D eigenvalue weighted by atomic mass is 9.85. The molecule has 242 valence electrons. The van der Waals surface area contributed by atoms with Gasteiger partial charge in [-0.25, -0.2) is 14.1 Å². The number of nitriles is 1. The summed E-state index contributed by atoms with van der Waals surface area (Å²) < 4.78 is 17.8. The number of likely N-dealkylation sites (tertiary alicyclic amines) is 1. The van der Waals surface area contributed by atoms with Crippen molar-refractivity contribution in [2.45, 2.75) is 45.1 Å². The minimum absolute atomic E-state index is 0.101. The Labute approximate surface area is 271 Å². The fourth-order valence-corrected chi connectivity index (χ4v) is 6.26. The Hall–Kier alpha value is -4.99. The van der Waals surface area contributed by atoms with Crippen molar-refractivity contribution < 1.29 is 9.50 Å². The zero-order valence-electron chi connectivity index (χ0n) is 26.9. The number of nitrogens with zero attached hydrogens (tertiary/aromatic N) is 7. The lowest BCUT2D eigenvalue weighted by Crippen LogP contribution is -2.31. The maximum atomic E-state index is 15.4. The van der Waals surface area contributed by atoms with E-state index in [0.717, 1.165) is 32.4 Å². The number of amidine groups is 1. The third kappa shape index (κ3) is 6.24. The molecule has 3 aromatic heterocycles. The number of hydrogen-bond donors (Lipinski definition) is 2. The molecule has 1 saturated heterocycles. The summed E-state index contributed by atoms with van der Waals surface area (Å²) in [5, 5.41) is 28.0. The predicted molar refractivity (Wildman–Crippen MR) is 179 cm³/mol. The topological polar surface area (TPSA) is 141 Å². The third-order valence-corrected chi connectivity index (χ3v) is 9.11. The Kier molecular flexibility index (Phi) is 8.61. The third-order valence-electron chi connectivity index (χ3n) is 9.11. The van der Waals surface area contributed by atoms with Crippen molar-refractivity contribution in [3.05, 3.63) is 92.0 Å². The van der Waals surface area contributed by atoms with Crippen molar-refractivity contribution in [2.75, 3.05) is 32.0 Å². The number of benzene rings is 1. The summed E-state index contributed by atoms with van der Waals surface area (Å²) in [6.45, 7) is 5.38. The molecule has 2 bridgehead atoms. The van der Waals surface area contributed by atoms with Crippen LogP contribution in [0.4, 0.5) is 10.1 Å². The van der Waals surface area contributed by atoms with Crippen molar-refractivity contribution in [1.29, 1.82) is 5.26 Å². The summed E-state index contributed by atoms with van der Waals surface area (Å²) in [7, 11) is 3.66. The van der Waals surface area contributed by atoms with Crippen LogP contribution in [0, 0.1) is 23.1 Å². The molecule has 0 saturated carbocycles. The number of rotatable bonds is 5. The number of pyridine rings is 2. The first kappa shape index (κ1) is 32.0. The summed E-state index contributed by atoms with van der Waals surface area (Å²) in [5.41, 5.74) is 1.07. The van der Waals surface area contributed by atoms with E-state index in [0.29, 0.717) is 40.5 Å². The van der Waals surface area contributed by atoms with Crippen LogP contribution in [0.3, 0.4) is 0 Å². The molecule has 0 radical (unpaired) electrons. The quantitative estimate of drug-likeness (QED) is 0.334. The minimum Gasteiger partial charge on any atom is -0.392 e. The van der Waals surface area contributed by atoms with Crippen molar-refractivity contribution in [2.24, 2.45) is 18.0 Å². The van der Waals surface area contributed by atoms with Crippen LogP contribution in [-0.2, 0) is 19.1 Å². The van der Waals surface area contributed by atoms with Crippen molar-refractivity contribution >= 4 is 22.3 Å². The van der Waals surface area contributed by atoms with Gasteiger partial charge in [0, 0.05) is 43.7 Å². The SMILES string of the molecule is CN1CCC2CCC(=CC(Nc3cc(-c4ccnc(-n5ccc6cc(C(C)(C)C#N)cc(F)c6c5=O)c4CO)nn(C)c3=O)=NC2)C1. The van der Waals surface area contributed by atoms with Crippen molar-refractivity contribution in [1.82, 2.24) is 24.2 Å². The van der Waals surface area contributed by atoms with Crippen molar-refractivity contribution in [3.8, 4) is 23.1 Å². The van der Waals surface area contributed by atoms with Gasteiger partial charge in [0.15, 0.2) is 0 Å². The van der Waals surface area contributed by atoms with Gasteiger partial charge in [0.1, 0.15) is 23.2 Å². The Morgan fingerprint density at radius 2 is 1.96 bits per heavy atom. The van der Waals surface area contributed by atoms with E-state index < -0.39 is 23.4 Å². The lowest BCUT2D eigenvalue weighted by Gasteiger charge is -2.28. The standard InChI is InChI=1S/C35H37FN8O3/c1-35(2,20-37)24-14-23-9-12-44(34(47)31(23)27(36)15-24)32-26(19-45)25(7-10-38-32)28-16-29(33(46)43(4)41-28)40-30-13-22-6-5-21(17-39-30)8-11-42(3)18-22/h7,9-10,12-16,21,45H,5-6,8,11,17-19H2,1-4H3,(H,39,40). The summed E-state index contributed by atoms with van der Waals surface area (Å²) >= 11 is 0. The monoisotopic (exact) mass is 636 g/mol. The van der Waals surface area contributed by atoms with Gasteiger partial charge in [0.05, 0.1) is 29.2 Å². The molecule has 6 rings (SSSR count). The number of fused-ring (bicyclic) bond motifs is 4. The molecule has 1 fully saturated rings. The molecular weight excluding hydrogens is 599 g/mol. The fourth-order valence-electron chi connectivity index (χ4n) is 6.26. The van der Waals surface area contributed by atoms with E-state index in [9.17, 15) is 20.0 Å². The number of likely N-dealkylation sites (N-methyl/N-ethyl adjacent to an activating group) is 1. The number of nitrogens with one attached hydrogen (secondary N) is 1. The molecule has 0 amide bonds. The molecule has 5 heterocycles. The zero-order chi connectivity index (χ0) is 33.5. The first-order valence-electron chi connectivity index (χ1n) is 15.6. The molecule has 1 atom stereocenters. The fraction of sp³-hybridized carbons (Fsp3) is 0.371. The Morgan fingerprint density at radius 1 is 1.15 bits per heavy atom. The molecule has 2 N–H and O–H groups in total. The lowest BCUT2D eigenvalue weighted by molar-refractivity contribution is 0.281. The highest BCUT2D eigenvalue weighted by Gasteiger charge is 2.24. The second-order valence-corrected chi connectivity index (χ2v) is 12.9. The number of halogens is 1. The number of aliphatic hydroxyl groups excluding tert-OH is 1. The first-order chi connectivity index (χ1) is 22.5. The Morgan fingerprint density at radius 3 is 2.72 bits per heavy atom. The van der Waals surface area contributed by atoms with E-state index in [2.05, 4.69) is 33.4 Å². The zero-order valence-corrected chi connectivity index (χ0v) is 26.9. The largest absolute Gasteiger partial charge is 0.392 e. The van der Waals surface area contributed by atoms with Gasteiger partial charge in [-0.05, 0) is 100.0 Å². The van der Waals surface area contributed by atoms with Crippen LogP contribution < -0.4 is 16.4 Å². The number of anilines is 1. The van der Waals surface area contributed by atoms with Crippen LogP contribution >= 0.6 is 0 Å². The van der Waals surface area contributed by atoms with Gasteiger partial charge < -0.3 is 15.3 Å². The van der Waals surface area contributed by atoms with Crippen LogP contribution in [0.2, 0.25) is 0 Å². The summed E-state index contributed by atoms with van der Waals surface area (Å²) in [5.74, 6) is 0.424. The molecule has 12 heteroatoms. The van der Waals surface area contributed by atoms with Crippen LogP contribution in [0.5, 0.6) is 0 Å². The first-order valence-corrected chi connectivity index (χ1v) is 15.6. The van der Waals surface area contributed by atoms with Crippen LogP contribution in [-0.4, -0.2) is 61.9 Å². The molecule has 0 aliphatic carbocycles. The van der Waals surface area contributed by atoms with E-state index >= 15 is 4.39 Å². The van der Waals surface area contributed by atoms with Crippen molar-refractivity contribution in [3.63, 3.8) is 0 Å². The normalized spacial score (nSPS) is 17.3. The molecule has 1 unspecified atom stereocenters. The van der Waals surface area contributed by atoms with Gasteiger partial charge >= 0.3 is 0 Å². The second kappa shape index (κ2) is 12.7. The molecule has 1 aromatic carbocycles. The maximum absolute atomic E-state index is 15.4. The van der Waals surface area contributed by atoms with Gasteiger partial charge in [0.25, 0.3) is 11.1 Å². The van der Waals surface area contributed by atoms with Gasteiger partial charge in [-0.2, -0.15) is 10.4 Å². The van der Waals surface area contributed by atoms with E-state index in [1.54, 1.807) is 45.2 Å². The van der Waals surface area contributed by atoms with Gasteiger partial charge in [-0.3, -0.25) is 19.1 Å². The van der Waals surface area contributed by atoms with E-state index in [1.165, 1.54) is 33.3 Å². The van der Waals surface area contributed by atoms with Crippen LogP contribution in [0.15, 0.2) is 69.0 Å². The maximum Gasteiger partial charge on any atom is 0.290 e. The average molecular weight is 637 g/mol. The summed E-state index contributed by atoms with van der Waals surface area (Å²) in [6.07, 6.45) is 8.11. The predicted octanol–water partition coefficient (Wildman–Crippen LogP) is 4.06. The van der Waals surface area contributed by atoms with Gasteiger partial charge in [0.2, 0.25) is 0 Å². The molecule has 4 aromatic rings. The highest BCUT2D eigenvalue weighted by molar-refractivity contribution is 6.04. The molecule has 47 heavy (non-hydrogen) atoms. The van der Waals surface area contributed by atoms with Crippen LogP contribution in [0.25, 0.3) is 27.8 Å². The van der Waals surface area contributed by atoms with Gasteiger partial charge in [-0.1, -0.05) is 5.57 Å². The number of aromatic nitrogens is 4. The second-order valence-electron chi connectivity index (χ2n) is 12.9. The minimum atomic E-state index is -0.950. The molecule has 11 nitrogen and oxygen atoms in total. The summed E-state index contributed by atoms with van der Waals surface area (Å²) in [4.78, 5) is 38.5.